The van der Waals surface area contributed by atoms with Crippen LogP contribution in [0.15, 0.2) is 0 Å². The molecule has 0 amide bonds. The lowest BCUT2D eigenvalue weighted by molar-refractivity contribution is 0.0119. The van der Waals surface area contributed by atoms with Crippen molar-refractivity contribution in [2.45, 2.75) is 63.3 Å². The molecule has 0 heterocycles. The predicted octanol–water partition coefficient (Wildman–Crippen LogP) is 1.99. The predicted molar refractivity (Wildman–Crippen MR) is 79.1 cm³/mol. The zero-order chi connectivity index (χ0) is 14.5. The van der Waals surface area contributed by atoms with Crippen molar-refractivity contribution in [3.8, 4) is 0 Å². The molecule has 4 nitrogen and oxygen atoms in total. The van der Waals surface area contributed by atoms with Gasteiger partial charge in [0.15, 0.2) is 0 Å². The SMILES string of the molecule is CCOC(CC)C(NC)C1CCCC(S(C)(=O)=O)C1. The fourth-order valence-corrected chi connectivity index (χ4v) is 4.50. The van der Waals surface area contributed by atoms with Crippen LogP contribution in [0.5, 0.6) is 0 Å². The summed E-state index contributed by atoms with van der Waals surface area (Å²) in [6.45, 7) is 4.84. The van der Waals surface area contributed by atoms with Crippen molar-refractivity contribution in [1.29, 1.82) is 0 Å². The van der Waals surface area contributed by atoms with E-state index in [0.29, 0.717) is 12.5 Å². The van der Waals surface area contributed by atoms with Crippen molar-refractivity contribution in [1.82, 2.24) is 5.32 Å². The fourth-order valence-electron chi connectivity index (χ4n) is 3.31. The highest BCUT2D eigenvalue weighted by molar-refractivity contribution is 7.91. The first-order valence-electron chi connectivity index (χ1n) is 7.41. The third-order valence-electron chi connectivity index (χ3n) is 4.30. The molecule has 1 fully saturated rings. The van der Waals surface area contributed by atoms with E-state index in [2.05, 4.69) is 12.2 Å². The van der Waals surface area contributed by atoms with Crippen LogP contribution in [-0.4, -0.2) is 45.7 Å². The van der Waals surface area contributed by atoms with Crippen LogP contribution in [0.4, 0.5) is 0 Å². The molecule has 0 saturated heterocycles. The van der Waals surface area contributed by atoms with E-state index in [1.165, 1.54) is 6.26 Å². The van der Waals surface area contributed by atoms with Gasteiger partial charge in [-0.1, -0.05) is 13.3 Å². The third-order valence-corrected chi connectivity index (χ3v) is 5.94. The molecule has 1 aliphatic carbocycles. The van der Waals surface area contributed by atoms with Crippen LogP contribution in [-0.2, 0) is 14.6 Å². The van der Waals surface area contributed by atoms with Gasteiger partial charge in [0.05, 0.1) is 11.4 Å². The molecule has 1 saturated carbocycles. The molecule has 0 bridgehead atoms. The van der Waals surface area contributed by atoms with Crippen molar-refractivity contribution in [2.75, 3.05) is 19.9 Å². The Morgan fingerprint density at radius 1 is 1.32 bits per heavy atom. The van der Waals surface area contributed by atoms with Crippen LogP contribution >= 0.6 is 0 Å². The first-order chi connectivity index (χ1) is 8.93. The van der Waals surface area contributed by atoms with Crippen LogP contribution in [0, 0.1) is 5.92 Å². The van der Waals surface area contributed by atoms with E-state index in [9.17, 15) is 8.42 Å². The molecule has 1 N–H and O–H groups in total. The molecular weight excluding hydrogens is 262 g/mol. The van der Waals surface area contributed by atoms with Crippen molar-refractivity contribution in [3.63, 3.8) is 0 Å². The van der Waals surface area contributed by atoms with Crippen LogP contribution in [0.3, 0.4) is 0 Å². The van der Waals surface area contributed by atoms with Gasteiger partial charge in [0, 0.05) is 18.9 Å². The van der Waals surface area contributed by atoms with Gasteiger partial charge in [0.25, 0.3) is 0 Å². The van der Waals surface area contributed by atoms with E-state index in [0.717, 1.165) is 32.1 Å². The van der Waals surface area contributed by atoms with Gasteiger partial charge in [-0.15, -0.1) is 0 Å². The molecule has 114 valence electrons. The quantitative estimate of drug-likeness (QED) is 0.779. The van der Waals surface area contributed by atoms with Gasteiger partial charge in [0.1, 0.15) is 9.84 Å². The standard InChI is InChI=1S/C14H29NO3S/c1-5-13(18-6-2)14(15-3)11-8-7-9-12(10-11)19(4,16)17/h11-15H,5-10H2,1-4H3. The van der Waals surface area contributed by atoms with Gasteiger partial charge in [0.2, 0.25) is 0 Å². The molecule has 0 radical (unpaired) electrons. The van der Waals surface area contributed by atoms with Crippen LogP contribution in [0.25, 0.3) is 0 Å². The highest BCUT2D eigenvalue weighted by Crippen LogP contribution is 2.32. The van der Waals surface area contributed by atoms with Crippen molar-refractivity contribution in [2.24, 2.45) is 5.92 Å². The smallest absolute Gasteiger partial charge is 0.150 e. The molecule has 5 heteroatoms. The molecule has 0 aliphatic heterocycles. The maximum absolute atomic E-state index is 11.8. The molecule has 0 spiro atoms. The minimum Gasteiger partial charge on any atom is -0.377 e. The highest BCUT2D eigenvalue weighted by atomic mass is 32.2. The summed E-state index contributed by atoms with van der Waals surface area (Å²) in [4.78, 5) is 0. The zero-order valence-electron chi connectivity index (χ0n) is 12.7. The van der Waals surface area contributed by atoms with E-state index >= 15 is 0 Å². The molecule has 0 aromatic carbocycles. The van der Waals surface area contributed by atoms with Gasteiger partial charge < -0.3 is 10.1 Å². The summed E-state index contributed by atoms with van der Waals surface area (Å²) in [5.41, 5.74) is 0. The number of sulfone groups is 1. The van der Waals surface area contributed by atoms with Crippen LogP contribution in [0.2, 0.25) is 0 Å². The number of hydrogen-bond donors (Lipinski definition) is 1. The van der Waals surface area contributed by atoms with Crippen molar-refractivity contribution in [3.05, 3.63) is 0 Å². The minimum absolute atomic E-state index is 0.166. The monoisotopic (exact) mass is 291 g/mol. The summed E-state index contributed by atoms with van der Waals surface area (Å²) in [6, 6.07) is 0.259. The normalized spacial score (nSPS) is 28.0. The molecule has 19 heavy (non-hydrogen) atoms. The first kappa shape index (κ1) is 16.9. The summed E-state index contributed by atoms with van der Waals surface area (Å²) < 4.78 is 29.3. The second kappa shape index (κ2) is 7.60. The number of hydrogen-bond acceptors (Lipinski definition) is 4. The molecular formula is C14H29NO3S. The van der Waals surface area contributed by atoms with Gasteiger partial charge in [-0.3, -0.25) is 0 Å². The summed E-state index contributed by atoms with van der Waals surface area (Å²) >= 11 is 0. The Morgan fingerprint density at radius 2 is 2.00 bits per heavy atom. The fraction of sp³-hybridized carbons (Fsp3) is 1.00. The lowest BCUT2D eigenvalue weighted by Crippen LogP contribution is -2.47. The highest BCUT2D eigenvalue weighted by Gasteiger charge is 2.35. The summed E-state index contributed by atoms with van der Waals surface area (Å²) in [6.07, 6.45) is 6.20. The Morgan fingerprint density at radius 3 is 2.47 bits per heavy atom. The number of rotatable bonds is 7. The topological polar surface area (TPSA) is 55.4 Å². The second-order valence-corrected chi connectivity index (χ2v) is 7.92. The molecule has 0 aromatic heterocycles. The Bertz CT molecular complexity index is 356. The lowest BCUT2D eigenvalue weighted by atomic mass is 9.81. The zero-order valence-corrected chi connectivity index (χ0v) is 13.5. The van der Waals surface area contributed by atoms with Gasteiger partial charge >= 0.3 is 0 Å². The van der Waals surface area contributed by atoms with E-state index in [-0.39, 0.29) is 17.4 Å². The molecule has 0 aromatic rings. The largest absolute Gasteiger partial charge is 0.377 e. The Hall–Kier alpha value is -0.130. The summed E-state index contributed by atoms with van der Waals surface area (Å²) in [7, 11) is -0.959. The number of ether oxygens (including phenoxy) is 1. The van der Waals surface area contributed by atoms with E-state index in [1.54, 1.807) is 0 Å². The molecule has 4 unspecified atom stereocenters. The number of likely N-dealkylation sites (N-methyl/N-ethyl adjacent to an activating group) is 1. The van der Waals surface area contributed by atoms with Crippen LogP contribution in [0.1, 0.15) is 46.0 Å². The second-order valence-electron chi connectivity index (χ2n) is 5.59. The van der Waals surface area contributed by atoms with Gasteiger partial charge in [-0.05, 0) is 45.6 Å². The molecule has 4 atom stereocenters. The van der Waals surface area contributed by atoms with Gasteiger partial charge in [-0.2, -0.15) is 0 Å². The third kappa shape index (κ3) is 4.72. The number of nitrogens with one attached hydrogen (secondary N) is 1. The summed E-state index contributed by atoms with van der Waals surface area (Å²) in [5.74, 6) is 0.398. The average Bonchev–Trinajstić information content (AvgIpc) is 2.38. The molecule has 1 rings (SSSR count). The van der Waals surface area contributed by atoms with E-state index < -0.39 is 9.84 Å². The molecule has 1 aliphatic rings. The average molecular weight is 291 g/mol. The van der Waals surface area contributed by atoms with Crippen molar-refractivity contribution < 1.29 is 13.2 Å². The Labute approximate surface area is 118 Å². The van der Waals surface area contributed by atoms with E-state index in [4.69, 9.17) is 4.74 Å². The van der Waals surface area contributed by atoms with Crippen LogP contribution < -0.4 is 5.32 Å². The van der Waals surface area contributed by atoms with Crippen molar-refractivity contribution >= 4 is 9.84 Å². The Kier molecular flexibility index (Phi) is 6.77. The Balaban J connectivity index is 2.75. The van der Waals surface area contributed by atoms with Gasteiger partial charge in [-0.25, -0.2) is 8.42 Å². The maximum Gasteiger partial charge on any atom is 0.150 e. The lowest BCUT2D eigenvalue weighted by Gasteiger charge is -2.37. The summed E-state index contributed by atoms with van der Waals surface area (Å²) in [5, 5.41) is 3.19. The maximum atomic E-state index is 11.8. The minimum atomic E-state index is -2.91. The van der Waals surface area contributed by atoms with E-state index in [1.807, 2.05) is 14.0 Å². The first-order valence-corrected chi connectivity index (χ1v) is 9.37.